The SMILES string of the molecule is Clc1nc(-c2cc3sccc3s2)nc2c(Br)cccc12. The number of aromatic nitrogens is 2. The lowest BCUT2D eigenvalue weighted by Crippen LogP contribution is -1.90. The molecule has 2 nitrogen and oxygen atoms in total. The van der Waals surface area contributed by atoms with Crippen LogP contribution in [0.15, 0.2) is 40.2 Å². The predicted octanol–water partition coefficient (Wildman–Crippen LogP) is 5.99. The highest BCUT2D eigenvalue weighted by atomic mass is 79.9. The number of para-hydroxylation sites is 1. The molecule has 0 saturated heterocycles. The molecule has 0 saturated carbocycles. The Morgan fingerprint density at radius 1 is 1.10 bits per heavy atom. The first-order valence-electron chi connectivity index (χ1n) is 5.81. The summed E-state index contributed by atoms with van der Waals surface area (Å²) in [6.45, 7) is 0. The van der Waals surface area contributed by atoms with Crippen molar-refractivity contribution >= 4 is 70.5 Å². The highest BCUT2D eigenvalue weighted by Crippen LogP contribution is 2.36. The summed E-state index contributed by atoms with van der Waals surface area (Å²) >= 11 is 13.2. The van der Waals surface area contributed by atoms with Crippen molar-refractivity contribution in [1.29, 1.82) is 0 Å². The van der Waals surface area contributed by atoms with Gasteiger partial charge in [-0.3, -0.25) is 0 Å². The van der Waals surface area contributed by atoms with Crippen molar-refractivity contribution in [3.05, 3.63) is 45.3 Å². The fourth-order valence-corrected chi connectivity index (χ4v) is 4.80. The molecule has 0 N–H and O–H groups in total. The predicted molar refractivity (Wildman–Crippen MR) is 90.9 cm³/mol. The fourth-order valence-electron chi connectivity index (χ4n) is 2.07. The van der Waals surface area contributed by atoms with Gasteiger partial charge in [0.1, 0.15) is 5.15 Å². The van der Waals surface area contributed by atoms with Crippen LogP contribution >= 0.6 is 50.2 Å². The molecule has 0 aliphatic rings. The maximum atomic E-state index is 6.29. The quantitative estimate of drug-likeness (QED) is 0.378. The summed E-state index contributed by atoms with van der Waals surface area (Å²) in [6, 6.07) is 10.1. The van der Waals surface area contributed by atoms with E-state index in [0.717, 1.165) is 20.3 Å². The van der Waals surface area contributed by atoms with E-state index >= 15 is 0 Å². The third kappa shape index (κ3) is 1.97. The zero-order valence-electron chi connectivity index (χ0n) is 9.93. The van der Waals surface area contributed by atoms with Crippen LogP contribution in [0.5, 0.6) is 0 Å². The molecular weight excluding hydrogens is 376 g/mol. The number of rotatable bonds is 1. The molecule has 0 atom stereocenters. The third-order valence-corrected chi connectivity index (χ3v) is 6.01. The van der Waals surface area contributed by atoms with Crippen molar-refractivity contribution in [1.82, 2.24) is 9.97 Å². The van der Waals surface area contributed by atoms with Gasteiger partial charge in [-0.1, -0.05) is 17.7 Å². The average Bonchev–Trinajstić information content (AvgIpc) is 3.00. The van der Waals surface area contributed by atoms with Crippen LogP contribution in [0.3, 0.4) is 0 Å². The van der Waals surface area contributed by atoms with E-state index in [-0.39, 0.29) is 0 Å². The number of halogens is 2. The topological polar surface area (TPSA) is 25.8 Å². The van der Waals surface area contributed by atoms with Crippen LogP contribution in [-0.4, -0.2) is 9.97 Å². The first-order chi connectivity index (χ1) is 9.72. The maximum absolute atomic E-state index is 6.29. The number of hydrogen-bond donors (Lipinski definition) is 0. The number of fused-ring (bicyclic) bond motifs is 2. The fraction of sp³-hybridized carbons (Fsp3) is 0. The van der Waals surface area contributed by atoms with Gasteiger partial charge < -0.3 is 0 Å². The van der Waals surface area contributed by atoms with E-state index in [0.29, 0.717) is 11.0 Å². The van der Waals surface area contributed by atoms with Gasteiger partial charge >= 0.3 is 0 Å². The lowest BCUT2D eigenvalue weighted by molar-refractivity contribution is 1.24. The van der Waals surface area contributed by atoms with Crippen LogP contribution in [0.2, 0.25) is 5.15 Å². The molecule has 3 heterocycles. The van der Waals surface area contributed by atoms with Crippen molar-refractivity contribution in [2.24, 2.45) is 0 Å². The molecule has 98 valence electrons. The summed E-state index contributed by atoms with van der Waals surface area (Å²) in [6.07, 6.45) is 0. The van der Waals surface area contributed by atoms with Crippen molar-refractivity contribution < 1.29 is 0 Å². The van der Waals surface area contributed by atoms with Crippen LogP contribution in [0.25, 0.3) is 31.0 Å². The Morgan fingerprint density at radius 3 is 2.85 bits per heavy atom. The zero-order valence-corrected chi connectivity index (χ0v) is 13.9. The van der Waals surface area contributed by atoms with Gasteiger partial charge in [-0.25, -0.2) is 9.97 Å². The van der Waals surface area contributed by atoms with E-state index in [2.05, 4.69) is 43.4 Å². The summed E-state index contributed by atoms with van der Waals surface area (Å²) < 4.78 is 3.45. The number of thiophene rings is 2. The lowest BCUT2D eigenvalue weighted by atomic mass is 10.2. The minimum atomic E-state index is 0.489. The van der Waals surface area contributed by atoms with Crippen molar-refractivity contribution in [3.8, 4) is 10.7 Å². The van der Waals surface area contributed by atoms with Gasteiger partial charge in [-0.2, -0.15) is 0 Å². The highest BCUT2D eigenvalue weighted by Gasteiger charge is 2.12. The second-order valence-corrected chi connectivity index (χ2v) is 7.48. The van der Waals surface area contributed by atoms with Crippen LogP contribution in [0, 0.1) is 0 Å². The molecule has 0 aliphatic heterocycles. The Labute approximate surface area is 136 Å². The smallest absolute Gasteiger partial charge is 0.171 e. The molecule has 0 aliphatic carbocycles. The van der Waals surface area contributed by atoms with E-state index in [9.17, 15) is 0 Å². The highest BCUT2D eigenvalue weighted by molar-refractivity contribution is 9.10. The van der Waals surface area contributed by atoms with E-state index in [1.807, 2.05) is 18.2 Å². The van der Waals surface area contributed by atoms with Gasteiger partial charge in [-0.05, 0) is 45.6 Å². The first-order valence-corrected chi connectivity index (χ1v) is 8.68. The van der Waals surface area contributed by atoms with Gasteiger partial charge in [0.25, 0.3) is 0 Å². The van der Waals surface area contributed by atoms with E-state index in [1.54, 1.807) is 22.7 Å². The molecule has 6 heteroatoms. The van der Waals surface area contributed by atoms with Crippen LogP contribution in [0.4, 0.5) is 0 Å². The average molecular weight is 382 g/mol. The van der Waals surface area contributed by atoms with Crippen molar-refractivity contribution in [3.63, 3.8) is 0 Å². The molecule has 0 unspecified atom stereocenters. The summed E-state index contributed by atoms with van der Waals surface area (Å²) in [5, 5.41) is 3.45. The van der Waals surface area contributed by atoms with E-state index < -0.39 is 0 Å². The Hall–Kier alpha value is -1.01. The van der Waals surface area contributed by atoms with Crippen molar-refractivity contribution in [2.45, 2.75) is 0 Å². The third-order valence-electron chi connectivity index (χ3n) is 2.99. The number of hydrogen-bond acceptors (Lipinski definition) is 4. The molecular formula is C14H6BrClN2S2. The number of benzene rings is 1. The van der Waals surface area contributed by atoms with E-state index in [4.69, 9.17) is 11.6 Å². The number of nitrogens with zero attached hydrogens (tertiary/aromatic N) is 2. The minimum Gasteiger partial charge on any atom is -0.226 e. The monoisotopic (exact) mass is 380 g/mol. The summed E-state index contributed by atoms with van der Waals surface area (Å²) in [7, 11) is 0. The summed E-state index contributed by atoms with van der Waals surface area (Å²) in [4.78, 5) is 10.1. The molecule has 4 aromatic rings. The molecule has 20 heavy (non-hydrogen) atoms. The molecule has 1 aromatic carbocycles. The Kier molecular flexibility index (Phi) is 3.03. The van der Waals surface area contributed by atoms with Gasteiger partial charge in [0.15, 0.2) is 5.82 Å². The molecule has 4 rings (SSSR count). The Morgan fingerprint density at radius 2 is 2.00 bits per heavy atom. The minimum absolute atomic E-state index is 0.489. The first kappa shape index (κ1) is 12.7. The van der Waals surface area contributed by atoms with Crippen molar-refractivity contribution in [2.75, 3.05) is 0 Å². The largest absolute Gasteiger partial charge is 0.226 e. The lowest BCUT2D eigenvalue weighted by Gasteiger charge is -2.04. The van der Waals surface area contributed by atoms with Gasteiger partial charge in [0.05, 0.1) is 10.4 Å². The molecule has 0 radical (unpaired) electrons. The van der Waals surface area contributed by atoms with Gasteiger partial charge in [0, 0.05) is 19.3 Å². The van der Waals surface area contributed by atoms with E-state index in [1.165, 1.54) is 9.40 Å². The Balaban J connectivity index is 2.00. The van der Waals surface area contributed by atoms with Crippen LogP contribution < -0.4 is 0 Å². The summed E-state index contributed by atoms with van der Waals surface area (Å²) in [5.74, 6) is 0.683. The molecule has 0 bridgehead atoms. The molecule has 0 fully saturated rings. The molecule has 3 aromatic heterocycles. The molecule has 0 spiro atoms. The molecule has 0 amide bonds. The van der Waals surface area contributed by atoms with Gasteiger partial charge in [-0.15, -0.1) is 22.7 Å². The maximum Gasteiger partial charge on any atom is 0.171 e. The Bertz CT molecular complexity index is 916. The normalized spacial score (nSPS) is 11.5. The summed E-state index contributed by atoms with van der Waals surface area (Å²) in [5.41, 5.74) is 0.847. The van der Waals surface area contributed by atoms with Gasteiger partial charge in [0.2, 0.25) is 0 Å². The second kappa shape index (κ2) is 4.77. The second-order valence-electron chi connectivity index (χ2n) is 4.23. The van der Waals surface area contributed by atoms with Crippen LogP contribution in [0.1, 0.15) is 0 Å². The standard InChI is InChI=1S/C14H6BrClN2S2/c15-8-3-1-2-7-12(8)17-14(18-13(7)16)11-6-10-9(20-11)4-5-19-10/h1-6H. The zero-order chi connectivity index (χ0) is 13.7. The van der Waals surface area contributed by atoms with Crippen LogP contribution in [-0.2, 0) is 0 Å².